The molecule has 2 aliphatic rings. The van der Waals surface area contributed by atoms with Crippen LogP contribution >= 0.6 is 0 Å². The van der Waals surface area contributed by atoms with Gasteiger partial charge in [-0.05, 0) is 50.6 Å². The van der Waals surface area contributed by atoms with Gasteiger partial charge < -0.3 is 4.90 Å². The van der Waals surface area contributed by atoms with E-state index >= 15 is 0 Å². The van der Waals surface area contributed by atoms with Crippen LogP contribution in [0.2, 0.25) is 0 Å². The lowest BCUT2D eigenvalue weighted by Gasteiger charge is -2.39. The van der Waals surface area contributed by atoms with Crippen LogP contribution in [0.3, 0.4) is 0 Å². The van der Waals surface area contributed by atoms with Crippen molar-refractivity contribution in [2.45, 2.75) is 45.4 Å². The molecule has 1 aliphatic carbocycles. The normalized spacial score (nSPS) is 35.8. The molecule has 0 radical (unpaired) electrons. The monoisotopic (exact) mass is 181 g/mol. The Morgan fingerprint density at radius 1 is 1.00 bits per heavy atom. The smallest absolute Gasteiger partial charge is 0.000986 e. The van der Waals surface area contributed by atoms with Gasteiger partial charge in [-0.3, -0.25) is 0 Å². The van der Waals surface area contributed by atoms with Gasteiger partial charge in [0.1, 0.15) is 0 Å². The summed E-state index contributed by atoms with van der Waals surface area (Å²) >= 11 is 0. The van der Waals surface area contributed by atoms with E-state index in [1.807, 2.05) is 0 Å². The molecule has 0 amide bonds. The van der Waals surface area contributed by atoms with Crippen LogP contribution in [0.25, 0.3) is 0 Å². The molecule has 76 valence electrons. The van der Waals surface area contributed by atoms with Gasteiger partial charge >= 0.3 is 0 Å². The van der Waals surface area contributed by atoms with Gasteiger partial charge in [-0.1, -0.05) is 19.8 Å². The Balaban J connectivity index is 1.62. The highest BCUT2D eigenvalue weighted by atomic mass is 15.1. The van der Waals surface area contributed by atoms with E-state index in [0.717, 1.165) is 11.8 Å². The summed E-state index contributed by atoms with van der Waals surface area (Å²) in [6.07, 6.45) is 8.82. The van der Waals surface area contributed by atoms with Gasteiger partial charge in [0.25, 0.3) is 0 Å². The van der Waals surface area contributed by atoms with Crippen LogP contribution in [0.1, 0.15) is 45.4 Å². The summed E-state index contributed by atoms with van der Waals surface area (Å²) in [6.45, 7) is 6.51. The summed E-state index contributed by atoms with van der Waals surface area (Å²) in [5, 5.41) is 0. The minimum Gasteiger partial charge on any atom is -0.303 e. The Labute approximate surface area is 82.5 Å². The van der Waals surface area contributed by atoms with E-state index < -0.39 is 0 Å². The van der Waals surface area contributed by atoms with E-state index in [2.05, 4.69) is 11.8 Å². The molecule has 1 heterocycles. The minimum absolute atomic E-state index is 1.06. The van der Waals surface area contributed by atoms with Crippen molar-refractivity contribution in [3.63, 3.8) is 0 Å². The summed E-state index contributed by atoms with van der Waals surface area (Å²) in [5.74, 6) is 2.14. The van der Waals surface area contributed by atoms with E-state index in [-0.39, 0.29) is 0 Å². The van der Waals surface area contributed by atoms with Crippen LogP contribution in [0.15, 0.2) is 0 Å². The van der Waals surface area contributed by atoms with Gasteiger partial charge in [0.2, 0.25) is 0 Å². The molecule has 2 fully saturated rings. The topological polar surface area (TPSA) is 3.24 Å². The number of hydrogen-bond acceptors (Lipinski definition) is 1. The first-order chi connectivity index (χ1) is 6.38. The van der Waals surface area contributed by atoms with Crippen molar-refractivity contribution in [1.29, 1.82) is 0 Å². The zero-order valence-corrected chi connectivity index (χ0v) is 8.97. The molecule has 0 aromatic rings. The molecule has 0 spiro atoms. The van der Waals surface area contributed by atoms with E-state index in [1.54, 1.807) is 0 Å². The number of nitrogens with zero attached hydrogens (tertiary/aromatic N) is 1. The molecule has 0 atom stereocenters. The van der Waals surface area contributed by atoms with Crippen molar-refractivity contribution in [2.24, 2.45) is 11.8 Å². The predicted octanol–water partition coefficient (Wildman–Crippen LogP) is 2.91. The molecular formula is C12H23N. The van der Waals surface area contributed by atoms with Gasteiger partial charge in [-0.2, -0.15) is 0 Å². The molecule has 1 saturated carbocycles. The van der Waals surface area contributed by atoms with Crippen LogP contribution in [-0.4, -0.2) is 24.5 Å². The summed E-state index contributed by atoms with van der Waals surface area (Å²) in [5.41, 5.74) is 0. The largest absolute Gasteiger partial charge is 0.303 e. The lowest BCUT2D eigenvalue weighted by Crippen LogP contribution is -2.38. The molecule has 0 N–H and O–H groups in total. The Morgan fingerprint density at radius 2 is 1.69 bits per heavy atom. The molecule has 1 nitrogen and oxygen atoms in total. The fourth-order valence-electron chi connectivity index (χ4n) is 2.86. The van der Waals surface area contributed by atoms with Gasteiger partial charge in [0.05, 0.1) is 0 Å². The summed E-state index contributed by atoms with van der Waals surface area (Å²) in [7, 11) is 0. The summed E-state index contributed by atoms with van der Waals surface area (Å²) < 4.78 is 0. The first-order valence-corrected chi connectivity index (χ1v) is 6.11. The molecule has 13 heavy (non-hydrogen) atoms. The third-order valence-corrected chi connectivity index (χ3v) is 3.88. The van der Waals surface area contributed by atoms with Gasteiger partial charge in [-0.25, -0.2) is 0 Å². The van der Waals surface area contributed by atoms with Crippen LogP contribution < -0.4 is 0 Å². The van der Waals surface area contributed by atoms with Crippen LogP contribution in [-0.2, 0) is 0 Å². The lowest BCUT2D eigenvalue weighted by atomic mass is 9.73. The van der Waals surface area contributed by atoms with Crippen molar-refractivity contribution >= 4 is 0 Å². The van der Waals surface area contributed by atoms with E-state index in [1.165, 1.54) is 58.2 Å². The molecular weight excluding hydrogens is 158 g/mol. The van der Waals surface area contributed by atoms with Gasteiger partial charge in [-0.15, -0.1) is 0 Å². The second kappa shape index (κ2) is 4.45. The third-order valence-electron chi connectivity index (χ3n) is 3.88. The Kier molecular flexibility index (Phi) is 3.26. The maximum Gasteiger partial charge on any atom is 0.000986 e. The molecule has 0 unspecified atom stereocenters. The SMILES string of the molecule is CCC1CC(CN2CCCCC2)C1. The molecule has 1 heteroatoms. The summed E-state index contributed by atoms with van der Waals surface area (Å²) in [6, 6.07) is 0. The molecule has 2 rings (SSSR count). The highest BCUT2D eigenvalue weighted by molar-refractivity contribution is 4.81. The first kappa shape index (κ1) is 9.51. The number of rotatable bonds is 3. The van der Waals surface area contributed by atoms with Gasteiger partial charge in [0, 0.05) is 6.54 Å². The fourth-order valence-corrected chi connectivity index (χ4v) is 2.86. The molecule has 0 aromatic heterocycles. The second-order valence-corrected chi connectivity index (χ2v) is 4.97. The quantitative estimate of drug-likeness (QED) is 0.647. The number of hydrogen-bond donors (Lipinski definition) is 0. The summed E-state index contributed by atoms with van der Waals surface area (Å²) in [4.78, 5) is 2.69. The van der Waals surface area contributed by atoms with E-state index in [0.29, 0.717) is 0 Å². The fraction of sp³-hybridized carbons (Fsp3) is 1.00. The first-order valence-electron chi connectivity index (χ1n) is 6.11. The highest BCUT2D eigenvalue weighted by Gasteiger charge is 2.29. The lowest BCUT2D eigenvalue weighted by molar-refractivity contribution is 0.109. The van der Waals surface area contributed by atoms with E-state index in [4.69, 9.17) is 0 Å². The van der Waals surface area contributed by atoms with Crippen molar-refractivity contribution in [2.75, 3.05) is 19.6 Å². The Morgan fingerprint density at radius 3 is 2.31 bits per heavy atom. The average Bonchev–Trinajstić information content (AvgIpc) is 2.12. The molecule has 1 aliphatic heterocycles. The van der Waals surface area contributed by atoms with Crippen molar-refractivity contribution in [3.8, 4) is 0 Å². The zero-order chi connectivity index (χ0) is 9.10. The molecule has 0 aromatic carbocycles. The van der Waals surface area contributed by atoms with Crippen LogP contribution in [0.4, 0.5) is 0 Å². The second-order valence-electron chi connectivity index (χ2n) is 4.97. The number of piperidine rings is 1. The average molecular weight is 181 g/mol. The number of likely N-dealkylation sites (tertiary alicyclic amines) is 1. The maximum absolute atomic E-state index is 2.69. The molecule has 0 bridgehead atoms. The minimum atomic E-state index is 1.06. The zero-order valence-electron chi connectivity index (χ0n) is 8.97. The van der Waals surface area contributed by atoms with Crippen molar-refractivity contribution in [3.05, 3.63) is 0 Å². The van der Waals surface area contributed by atoms with Crippen LogP contribution in [0.5, 0.6) is 0 Å². The van der Waals surface area contributed by atoms with Crippen molar-refractivity contribution < 1.29 is 0 Å². The highest BCUT2D eigenvalue weighted by Crippen LogP contribution is 2.36. The molecule has 1 saturated heterocycles. The predicted molar refractivity (Wildman–Crippen MR) is 56.8 cm³/mol. The Hall–Kier alpha value is -0.0400. The van der Waals surface area contributed by atoms with Crippen molar-refractivity contribution in [1.82, 2.24) is 4.90 Å². The Bertz CT molecular complexity index is 143. The standard InChI is InChI=1S/C12H23N/c1-2-11-8-12(9-11)10-13-6-4-3-5-7-13/h11-12H,2-10H2,1H3. The van der Waals surface area contributed by atoms with Crippen LogP contribution in [0, 0.1) is 11.8 Å². The van der Waals surface area contributed by atoms with E-state index in [9.17, 15) is 0 Å². The third kappa shape index (κ3) is 2.46. The maximum atomic E-state index is 2.69. The van der Waals surface area contributed by atoms with Gasteiger partial charge in [0.15, 0.2) is 0 Å².